The van der Waals surface area contributed by atoms with Crippen LogP contribution >= 0.6 is 0 Å². The first kappa shape index (κ1) is 35.2. The summed E-state index contributed by atoms with van der Waals surface area (Å²) in [5.41, 5.74) is 0.0870. The van der Waals surface area contributed by atoms with Crippen molar-refractivity contribution in [3.8, 4) is 0 Å². The fourth-order valence-electron chi connectivity index (χ4n) is 7.72. The molecule has 11 heteroatoms. The molecule has 2 saturated heterocycles. The Labute approximate surface area is 269 Å². The number of aromatic nitrogens is 2. The van der Waals surface area contributed by atoms with E-state index < -0.39 is 29.5 Å². The first-order chi connectivity index (χ1) is 21.4. The molecule has 1 aromatic heterocycles. The van der Waals surface area contributed by atoms with Gasteiger partial charge >= 0.3 is 6.09 Å². The van der Waals surface area contributed by atoms with Crippen molar-refractivity contribution in [2.24, 2.45) is 17.3 Å². The van der Waals surface area contributed by atoms with Crippen molar-refractivity contribution in [3.05, 3.63) is 17.7 Å². The van der Waals surface area contributed by atoms with Crippen LogP contribution in [0.15, 0.2) is 6.20 Å². The minimum Gasteiger partial charge on any atom is -0.465 e. The highest BCUT2D eigenvalue weighted by Gasteiger charge is 2.50. The van der Waals surface area contributed by atoms with E-state index in [0.29, 0.717) is 64.0 Å². The topological polar surface area (TPSA) is 117 Å². The highest BCUT2D eigenvalue weighted by atomic mass is 16.5. The third-order valence-electron chi connectivity index (χ3n) is 9.73. The number of ether oxygens (including phenoxy) is 2. The number of piperidine rings is 1. The summed E-state index contributed by atoms with van der Waals surface area (Å²) in [5, 5.41) is 10.5. The summed E-state index contributed by atoms with van der Waals surface area (Å²) in [7, 11) is 1.71. The van der Waals surface area contributed by atoms with E-state index in [2.05, 4.69) is 18.4 Å². The number of rotatable bonds is 11. The van der Waals surface area contributed by atoms with E-state index in [1.54, 1.807) is 18.2 Å². The third kappa shape index (κ3) is 8.58. The van der Waals surface area contributed by atoms with Crippen LogP contribution < -0.4 is 0 Å². The Kier molecular flexibility index (Phi) is 12.3. The molecule has 11 nitrogen and oxygen atoms in total. The number of carboxylic acid groups (broad SMARTS) is 1. The number of morpholine rings is 1. The summed E-state index contributed by atoms with van der Waals surface area (Å²) in [5.74, 6) is 0.733. The number of carbonyl (C=O) groups is 3. The first-order valence-corrected chi connectivity index (χ1v) is 17.1. The molecule has 45 heavy (non-hydrogen) atoms. The van der Waals surface area contributed by atoms with E-state index >= 15 is 0 Å². The molecule has 1 aromatic rings. The molecular formula is C34H57N5O6. The zero-order valence-corrected chi connectivity index (χ0v) is 28.5. The Bertz CT molecular complexity index is 1130. The molecule has 1 N–H and O–H groups in total. The molecular weight excluding hydrogens is 574 g/mol. The summed E-state index contributed by atoms with van der Waals surface area (Å²) in [6, 6.07) is -0.961. The maximum absolute atomic E-state index is 14.9. The molecule has 1 saturated carbocycles. The van der Waals surface area contributed by atoms with Gasteiger partial charge < -0.3 is 33.8 Å². The van der Waals surface area contributed by atoms with Crippen molar-refractivity contribution in [1.82, 2.24) is 24.3 Å². The van der Waals surface area contributed by atoms with Crippen LogP contribution in [-0.2, 0) is 20.8 Å². The second-order valence-electron chi connectivity index (χ2n) is 14.7. The van der Waals surface area contributed by atoms with Crippen LogP contribution in [-0.4, -0.2) is 112 Å². The van der Waals surface area contributed by atoms with Gasteiger partial charge in [0, 0.05) is 52.4 Å². The standard InChI is InChI=1S/C34H57N5O6/c1-24(2)22-38(32(41)28-21-35-30(25-12-8-7-9-13-25)37(28)14-10-11-17-44-6)27-20-26(31(40)36-15-18-45-19-16-36)23-39(33(42)43)29(27)34(3,4)5/h21,24-27,29H,7-20,22-23H2,1-6H3,(H,42,43)/t26-,27+,29?/m1/s1. The Morgan fingerprint density at radius 1 is 1.11 bits per heavy atom. The number of likely N-dealkylation sites (tertiary alicyclic amines) is 1. The molecule has 3 heterocycles. The lowest BCUT2D eigenvalue weighted by molar-refractivity contribution is -0.144. The van der Waals surface area contributed by atoms with Gasteiger partial charge in [0.25, 0.3) is 5.91 Å². The van der Waals surface area contributed by atoms with E-state index in [9.17, 15) is 19.5 Å². The van der Waals surface area contributed by atoms with Crippen LogP contribution in [0.3, 0.4) is 0 Å². The van der Waals surface area contributed by atoms with Gasteiger partial charge in [-0.15, -0.1) is 0 Å². The summed E-state index contributed by atoms with van der Waals surface area (Å²) < 4.78 is 12.9. The van der Waals surface area contributed by atoms with Crippen molar-refractivity contribution in [2.45, 2.75) is 111 Å². The first-order valence-electron chi connectivity index (χ1n) is 17.1. The van der Waals surface area contributed by atoms with Crippen LogP contribution in [0.4, 0.5) is 4.79 Å². The molecule has 2 aliphatic heterocycles. The predicted octanol–water partition coefficient (Wildman–Crippen LogP) is 5.10. The number of methoxy groups -OCH3 is 1. The molecule has 0 bridgehead atoms. The van der Waals surface area contributed by atoms with E-state index in [0.717, 1.165) is 31.5 Å². The second kappa shape index (κ2) is 15.8. The number of imidazole rings is 1. The van der Waals surface area contributed by atoms with Crippen molar-refractivity contribution in [2.75, 3.05) is 53.1 Å². The van der Waals surface area contributed by atoms with Crippen LogP contribution in [0.2, 0.25) is 0 Å². The van der Waals surface area contributed by atoms with E-state index in [4.69, 9.17) is 14.5 Å². The molecule has 254 valence electrons. The van der Waals surface area contributed by atoms with E-state index in [1.165, 1.54) is 24.2 Å². The number of nitrogens with zero attached hydrogens (tertiary/aromatic N) is 5. The zero-order chi connectivity index (χ0) is 32.7. The quantitative estimate of drug-likeness (QED) is 0.338. The normalized spacial score (nSPS) is 23.4. The maximum Gasteiger partial charge on any atom is 0.407 e. The number of unbranched alkanes of at least 4 members (excludes halogenated alkanes) is 1. The van der Waals surface area contributed by atoms with E-state index in [-0.39, 0.29) is 24.3 Å². The molecule has 0 aromatic carbocycles. The molecule has 1 unspecified atom stereocenters. The molecule has 3 amide bonds. The molecule has 0 spiro atoms. The van der Waals surface area contributed by atoms with E-state index in [1.807, 2.05) is 25.7 Å². The van der Waals surface area contributed by atoms with Crippen molar-refractivity contribution < 1.29 is 29.0 Å². The molecule has 1 aliphatic carbocycles. The summed E-state index contributed by atoms with van der Waals surface area (Å²) in [6.07, 6.45) is 8.58. The van der Waals surface area contributed by atoms with Crippen molar-refractivity contribution in [1.29, 1.82) is 0 Å². The van der Waals surface area contributed by atoms with Crippen LogP contribution in [0, 0.1) is 17.3 Å². The lowest BCUT2D eigenvalue weighted by Crippen LogP contribution is -2.66. The lowest BCUT2D eigenvalue weighted by atomic mass is 9.74. The fourth-order valence-corrected chi connectivity index (χ4v) is 7.72. The van der Waals surface area contributed by atoms with Gasteiger partial charge in [-0.25, -0.2) is 9.78 Å². The smallest absolute Gasteiger partial charge is 0.407 e. The summed E-state index contributed by atoms with van der Waals surface area (Å²) in [6.45, 7) is 14.1. The maximum atomic E-state index is 14.9. The Morgan fingerprint density at radius 3 is 2.40 bits per heavy atom. The molecule has 3 fully saturated rings. The van der Waals surface area contributed by atoms with Crippen LogP contribution in [0.25, 0.3) is 0 Å². The van der Waals surface area contributed by atoms with Gasteiger partial charge in [-0.1, -0.05) is 53.9 Å². The largest absolute Gasteiger partial charge is 0.465 e. The van der Waals surface area contributed by atoms with Crippen LogP contribution in [0.1, 0.15) is 108 Å². The zero-order valence-electron chi connectivity index (χ0n) is 28.5. The molecule has 3 atom stereocenters. The number of carbonyl (C=O) groups excluding carboxylic acids is 2. The number of amides is 3. The van der Waals surface area contributed by atoms with Gasteiger partial charge in [-0.05, 0) is 43.4 Å². The average molecular weight is 632 g/mol. The van der Waals surface area contributed by atoms with Crippen molar-refractivity contribution >= 4 is 17.9 Å². The van der Waals surface area contributed by atoms with Gasteiger partial charge in [0.05, 0.1) is 37.4 Å². The highest BCUT2D eigenvalue weighted by molar-refractivity contribution is 5.93. The monoisotopic (exact) mass is 631 g/mol. The van der Waals surface area contributed by atoms with Gasteiger partial charge in [0.1, 0.15) is 11.5 Å². The molecule has 0 radical (unpaired) electrons. The van der Waals surface area contributed by atoms with Gasteiger partial charge in [0.2, 0.25) is 5.91 Å². The van der Waals surface area contributed by atoms with Gasteiger partial charge in [-0.2, -0.15) is 0 Å². The SMILES string of the molecule is COCCCCn1c(C(=O)N(CC(C)C)[C@H]2C[C@@H](C(=O)N3CCOCC3)CN(C(=O)O)C2C(C)(C)C)cnc1C1CCCCC1. The minimum absolute atomic E-state index is 0.0541. The second-order valence-corrected chi connectivity index (χ2v) is 14.7. The fraction of sp³-hybridized carbons (Fsp3) is 0.824. The Morgan fingerprint density at radius 2 is 1.80 bits per heavy atom. The Balaban J connectivity index is 1.75. The number of hydrogen-bond donors (Lipinski definition) is 1. The van der Waals surface area contributed by atoms with Crippen LogP contribution in [0.5, 0.6) is 0 Å². The predicted molar refractivity (Wildman–Crippen MR) is 172 cm³/mol. The summed E-state index contributed by atoms with van der Waals surface area (Å²) in [4.78, 5) is 51.6. The third-order valence-corrected chi connectivity index (χ3v) is 9.73. The minimum atomic E-state index is -1.06. The van der Waals surface area contributed by atoms with Gasteiger partial charge in [0.15, 0.2) is 0 Å². The molecule has 3 aliphatic rings. The van der Waals surface area contributed by atoms with Gasteiger partial charge in [-0.3, -0.25) is 9.59 Å². The Hall–Kier alpha value is -2.66. The molecule has 4 rings (SSSR count). The van der Waals surface area contributed by atoms with Crippen molar-refractivity contribution in [3.63, 3.8) is 0 Å². The highest BCUT2D eigenvalue weighted by Crippen LogP contribution is 2.39. The summed E-state index contributed by atoms with van der Waals surface area (Å²) >= 11 is 0. The number of hydrogen-bond acceptors (Lipinski definition) is 6. The lowest BCUT2D eigenvalue weighted by Gasteiger charge is -2.52. The average Bonchev–Trinajstić information content (AvgIpc) is 3.44.